The van der Waals surface area contributed by atoms with Gasteiger partial charge in [0.2, 0.25) is 0 Å². The number of rotatable bonds is 3. The lowest BCUT2D eigenvalue weighted by Crippen LogP contribution is -2.11. The molecule has 1 fully saturated rings. The highest BCUT2D eigenvalue weighted by Crippen LogP contribution is 2.51. The molecule has 0 heterocycles. The molecular weight excluding hydrogens is 229 g/mol. The van der Waals surface area contributed by atoms with E-state index in [9.17, 15) is 12.8 Å². The van der Waals surface area contributed by atoms with E-state index in [4.69, 9.17) is 5.73 Å². The third-order valence-electron chi connectivity index (χ3n) is 3.12. The highest BCUT2D eigenvalue weighted by atomic mass is 32.2. The summed E-state index contributed by atoms with van der Waals surface area (Å²) in [5.74, 6) is -0.411. The van der Waals surface area contributed by atoms with E-state index in [-0.39, 0.29) is 17.7 Å². The maximum Gasteiger partial charge on any atom is 0.151 e. The van der Waals surface area contributed by atoms with Gasteiger partial charge in [0.15, 0.2) is 9.84 Å². The molecular formula is C11H14FNO2S. The number of hydrogen-bond donors (Lipinski definition) is 1. The van der Waals surface area contributed by atoms with Crippen molar-refractivity contribution >= 4 is 9.84 Å². The normalized spacial score (nSPS) is 29.1. The van der Waals surface area contributed by atoms with E-state index in [0.29, 0.717) is 6.54 Å². The maximum atomic E-state index is 12.7. The van der Waals surface area contributed by atoms with Gasteiger partial charge in [0.05, 0.1) is 5.25 Å². The molecule has 0 radical (unpaired) electrons. The second-order valence-corrected chi connectivity index (χ2v) is 6.47. The topological polar surface area (TPSA) is 60.2 Å². The molecule has 0 amide bonds. The van der Waals surface area contributed by atoms with Crippen LogP contribution in [-0.2, 0) is 9.84 Å². The molecule has 1 aromatic carbocycles. The lowest BCUT2D eigenvalue weighted by atomic mass is 10.1. The van der Waals surface area contributed by atoms with Gasteiger partial charge in [-0.15, -0.1) is 0 Å². The van der Waals surface area contributed by atoms with Crippen LogP contribution in [0.15, 0.2) is 24.3 Å². The van der Waals surface area contributed by atoms with Crippen LogP contribution < -0.4 is 5.73 Å². The molecule has 88 valence electrons. The number of nitrogens with two attached hydrogens (primary N) is 1. The summed E-state index contributed by atoms with van der Waals surface area (Å²) in [4.78, 5) is 0. The fourth-order valence-corrected chi connectivity index (χ4v) is 4.05. The molecule has 1 aliphatic carbocycles. The van der Waals surface area contributed by atoms with Gasteiger partial charge in [-0.3, -0.25) is 0 Å². The second-order valence-electron chi connectivity index (χ2n) is 4.27. The molecule has 2 rings (SSSR count). The van der Waals surface area contributed by atoms with Crippen molar-refractivity contribution in [3.8, 4) is 0 Å². The number of halogens is 1. The zero-order valence-corrected chi connectivity index (χ0v) is 9.75. The van der Waals surface area contributed by atoms with Crippen molar-refractivity contribution in [2.24, 2.45) is 11.7 Å². The van der Waals surface area contributed by atoms with E-state index in [1.807, 2.05) is 0 Å². The third kappa shape index (κ3) is 1.97. The predicted molar refractivity (Wildman–Crippen MR) is 60.3 cm³/mol. The monoisotopic (exact) mass is 243 g/mol. The molecule has 5 heteroatoms. The molecule has 1 aromatic rings. The van der Waals surface area contributed by atoms with Gasteiger partial charge in [-0.1, -0.05) is 12.1 Å². The van der Waals surface area contributed by atoms with Crippen LogP contribution in [0.2, 0.25) is 0 Å². The standard InChI is InChI=1S/C11H14FNO2S/c1-16(14,15)11-9(6-13)10(11)7-2-4-8(12)5-3-7/h2-5,9-11H,6,13H2,1H3/t9-,10+,11+/m1/s1. The molecule has 1 aliphatic rings. The van der Waals surface area contributed by atoms with Crippen molar-refractivity contribution in [3.05, 3.63) is 35.6 Å². The Morgan fingerprint density at radius 3 is 2.25 bits per heavy atom. The fraction of sp³-hybridized carbons (Fsp3) is 0.455. The molecule has 0 saturated heterocycles. The number of hydrogen-bond acceptors (Lipinski definition) is 3. The summed E-state index contributed by atoms with van der Waals surface area (Å²) in [6.45, 7) is 0.347. The van der Waals surface area contributed by atoms with Gasteiger partial charge >= 0.3 is 0 Å². The van der Waals surface area contributed by atoms with E-state index in [2.05, 4.69) is 0 Å². The molecule has 16 heavy (non-hydrogen) atoms. The molecule has 1 saturated carbocycles. The van der Waals surface area contributed by atoms with E-state index < -0.39 is 15.1 Å². The van der Waals surface area contributed by atoms with E-state index in [1.54, 1.807) is 12.1 Å². The molecule has 0 bridgehead atoms. The van der Waals surface area contributed by atoms with Gasteiger partial charge < -0.3 is 5.73 Å². The SMILES string of the molecule is CS(=O)(=O)[C@H]1[C@H](CN)[C@@H]1c1ccc(F)cc1. The predicted octanol–water partition coefficient (Wildman–Crippen LogP) is 0.911. The first-order chi connectivity index (χ1) is 7.45. The summed E-state index contributed by atoms with van der Waals surface area (Å²) in [6.07, 6.45) is 1.23. The minimum Gasteiger partial charge on any atom is -0.330 e. The quantitative estimate of drug-likeness (QED) is 0.858. The van der Waals surface area contributed by atoms with Crippen LogP contribution in [0.25, 0.3) is 0 Å². The maximum absolute atomic E-state index is 12.7. The minimum atomic E-state index is -3.07. The molecule has 0 aromatic heterocycles. The first kappa shape index (κ1) is 11.5. The summed E-state index contributed by atoms with van der Waals surface area (Å²) in [5, 5.41) is -0.400. The van der Waals surface area contributed by atoms with Crippen LogP contribution in [-0.4, -0.2) is 26.5 Å². The average molecular weight is 243 g/mol. The van der Waals surface area contributed by atoms with Gasteiger partial charge in [-0.2, -0.15) is 0 Å². The number of benzene rings is 1. The van der Waals surface area contributed by atoms with Crippen molar-refractivity contribution in [1.82, 2.24) is 0 Å². The molecule has 3 nitrogen and oxygen atoms in total. The summed E-state index contributed by atoms with van der Waals surface area (Å²) >= 11 is 0. The lowest BCUT2D eigenvalue weighted by Gasteiger charge is -1.98. The Morgan fingerprint density at radius 2 is 1.88 bits per heavy atom. The molecule has 0 aliphatic heterocycles. The van der Waals surface area contributed by atoms with Crippen LogP contribution in [0.3, 0.4) is 0 Å². The highest BCUT2D eigenvalue weighted by molar-refractivity contribution is 7.91. The van der Waals surface area contributed by atoms with Gasteiger partial charge in [0, 0.05) is 12.2 Å². The van der Waals surface area contributed by atoms with Crippen LogP contribution >= 0.6 is 0 Å². The Hall–Kier alpha value is -0.940. The zero-order chi connectivity index (χ0) is 11.9. The Morgan fingerprint density at radius 1 is 1.31 bits per heavy atom. The van der Waals surface area contributed by atoms with Crippen LogP contribution in [0, 0.1) is 11.7 Å². The van der Waals surface area contributed by atoms with Gasteiger partial charge in [-0.05, 0) is 30.2 Å². The summed E-state index contributed by atoms with van der Waals surface area (Å²) in [7, 11) is -3.07. The lowest BCUT2D eigenvalue weighted by molar-refractivity contribution is 0.597. The van der Waals surface area contributed by atoms with E-state index in [0.717, 1.165) is 5.56 Å². The molecule has 0 unspecified atom stereocenters. The molecule has 2 N–H and O–H groups in total. The molecule has 3 atom stereocenters. The van der Waals surface area contributed by atoms with Gasteiger partial charge in [0.1, 0.15) is 5.82 Å². The smallest absolute Gasteiger partial charge is 0.151 e. The van der Waals surface area contributed by atoms with E-state index in [1.165, 1.54) is 18.4 Å². The first-order valence-corrected chi connectivity index (χ1v) is 7.05. The largest absolute Gasteiger partial charge is 0.330 e. The Bertz CT molecular complexity index is 483. The van der Waals surface area contributed by atoms with Crippen molar-refractivity contribution in [2.75, 3.05) is 12.8 Å². The number of sulfone groups is 1. The fourth-order valence-electron chi connectivity index (χ4n) is 2.33. The van der Waals surface area contributed by atoms with Crippen molar-refractivity contribution < 1.29 is 12.8 Å². The van der Waals surface area contributed by atoms with Crippen molar-refractivity contribution in [3.63, 3.8) is 0 Å². The Balaban J connectivity index is 2.27. The summed E-state index contributed by atoms with van der Waals surface area (Å²) in [6, 6.07) is 5.96. The van der Waals surface area contributed by atoms with Gasteiger partial charge in [-0.25, -0.2) is 12.8 Å². The van der Waals surface area contributed by atoms with Gasteiger partial charge in [0.25, 0.3) is 0 Å². The zero-order valence-electron chi connectivity index (χ0n) is 8.93. The second kappa shape index (κ2) is 3.82. The van der Waals surface area contributed by atoms with Crippen LogP contribution in [0.5, 0.6) is 0 Å². The van der Waals surface area contributed by atoms with Crippen LogP contribution in [0.4, 0.5) is 4.39 Å². The Kier molecular flexibility index (Phi) is 2.75. The van der Waals surface area contributed by atoms with E-state index >= 15 is 0 Å². The average Bonchev–Trinajstić information content (AvgIpc) is 2.92. The van der Waals surface area contributed by atoms with Crippen LogP contribution in [0.1, 0.15) is 11.5 Å². The first-order valence-electron chi connectivity index (χ1n) is 5.09. The van der Waals surface area contributed by atoms with Crippen molar-refractivity contribution in [1.29, 1.82) is 0 Å². The summed E-state index contributed by atoms with van der Waals surface area (Å²) < 4.78 is 35.7. The minimum absolute atomic E-state index is 0.0274. The summed E-state index contributed by atoms with van der Waals surface area (Å²) in [5.41, 5.74) is 6.39. The molecule has 0 spiro atoms. The van der Waals surface area contributed by atoms with Crippen molar-refractivity contribution in [2.45, 2.75) is 11.2 Å². The Labute approximate surface area is 94.4 Å². The third-order valence-corrected chi connectivity index (χ3v) is 4.75. The highest BCUT2D eigenvalue weighted by Gasteiger charge is 2.55.